The Morgan fingerprint density at radius 2 is 1.81 bits per heavy atom. The zero-order valence-electron chi connectivity index (χ0n) is 12.4. The highest BCUT2D eigenvalue weighted by Crippen LogP contribution is 2.32. The third-order valence-electron chi connectivity index (χ3n) is 2.74. The van der Waals surface area contributed by atoms with Gasteiger partial charge >= 0.3 is 0 Å². The second kappa shape index (κ2) is 6.32. The van der Waals surface area contributed by atoms with Gasteiger partial charge in [-0.15, -0.1) is 0 Å². The number of ether oxygens (including phenoxy) is 1. The summed E-state index contributed by atoms with van der Waals surface area (Å²) in [5, 5.41) is 3.04. The molecule has 2 rings (SSSR count). The second-order valence-electron chi connectivity index (χ2n) is 5.59. The van der Waals surface area contributed by atoms with Gasteiger partial charge in [-0.3, -0.25) is 0 Å². The molecule has 4 nitrogen and oxygen atoms in total. The van der Waals surface area contributed by atoms with Crippen LogP contribution in [-0.2, 0) is 5.41 Å². The van der Waals surface area contributed by atoms with E-state index in [2.05, 4.69) is 67.9 Å². The summed E-state index contributed by atoms with van der Waals surface area (Å²) in [6.07, 6.45) is 0. The van der Waals surface area contributed by atoms with Gasteiger partial charge in [-0.05, 0) is 34.1 Å². The van der Waals surface area contributed by atoms with Crippen molar-refractivity contribution >= 4 is 37.7 Å². The van der Waals surface area contributed by atoms with Crippen molar-refractivity contribution in [3.8, 4) is 11.6 Å². The number of halogens is 2. The van der Waals surface area contributed by atoms with E-state index < -0.39 is 0 Å². The van der Waals surface area contributed by atoms with Crippen LogP contribution in [0.15, 0.2) is 33.2 Å². The zero-order chi connectivity index (χ0) is 15.6. The summed E-state index contributed by atoms with van der Waals surface area (Å²) in [6, 6.07) is 7.51. The molecular weight excluding hydrogens is 398 g/mol. The van der Waals surface area contributed by atoms with Crippen LogP contribution in [0.4, 0.5) is 5.82 Å². The number of benzene rings is 1. The molecule has 0 spiro atoms. The number of hydrogen-bond donors (Lipinski definition) is 1. The molecule has 1 aromatic carbocycles. The molecule has 0 amide bonds. The Hall–Kier alpha value is -1.14. The Morgan fingerprint density at radius 1 is 1.10 bits per heavy atom. The summed E-state index contributed by atoms with van der Waals surface area (Å²) < 4.78 is 7.73. The van der Waals surface area contributed by atoms with Gasteiger partial charge in [-0.1, -0.05) is 36.7 Å². The van der Waals surface area contributed by atoms with E-state index in [1.165, 1.54) is 0 Å². The summed E-state index contributed by atoms with van der Waals surface area (Å²) in [4.78, 5) is 8.99. The SMILES string of the molecule is CNc1cc(Oc2ccc(Br)cc2Br)nc(C(C)(C)C)n1. The van der Waals surface area contributed by atoms with Crippen LogP contribution >= 0.6 is 31.9 Å². The zero-order valence-corrected chi connectivity index (χ0v) is 15.5. The van der Waals surface area contributed by atoms with Crippen LogP contribution in [0.3, 0.4) is 0 Å². The van der Waals surface area contributed by atoms with Gasteiger partial charge in [0.15, 0.2) is 0 Å². The Morgan fingerprint density at radius 3 is 2.38 bits per heavy atom. The predicted molar refractivity (Wildman–Crippen MR) is 92.2 cm³/mol. The van der Waals surface area contributed by atoms with Gasteiger partial charge in [0.05, 0.1) is 4.47 Å². The van der Waals surface area contributed by atoms with Crippen LogP contribution in [0.25, 0.3) is 0 Å². The van der Waals surface area contributed by atoms with Crippen molar-refractivity contribution in [3.05, 3.63) is 39.0 Å². The van der Waals surface area contributed by atoms with Crippen LogP contribution in [0, 0.1) is 0 Å². The van der Waals surface area contributed by atoms with E-state index in [-0.39, 0.29) is 5.41 Å². The van der Waals surface area contributed by atoms with Crippen molar-refractivity contribution < 1.29 is 4.74 Å². The Balaban J connectivity index is 2.39. The summed E-state index contributed by atoms with van der Waals surface area (Å²) in [5.41, 5.74) is -0.151. The van der Waals surface area contributed by atoms with Gasteiger partial charge in [-0.25, -0.2) is 4.98 Å². The van der Waals surface area contributed by atoms with Crippen molar-refractivity contribution in [2.24, 2.45) is 0 Å². The standard InChI is InChI=1S/C15H17Br2N3O/c1-15(2,3)14-19-12(18-4)8-13(20-14)21-11-6-5-9(16)7-10(11)17/h5-8H,1-4H3,(H,18,19,20). The van der Waals surface area contributed by atoms with Gasteiger partial charge in [-0.2, -0.15) is 4.98 Å². The lowest BCUT2D eigenvalue weighted by molar-refractivity contribution is 0.444. The van der Waals surface area contributed by atoms with Gasteiger partial charge in [0, 0.05) is 23.0 Å². The fourth-order valence-corrected chi connectivity index (χ4v) is 2.74. The van der Waals surface area contributed by atoms with E-state index in [1.807, 2.05) is 25.2 Å². The fourth-order valence-electron chi connectivity index (χ4n) is 1.61. The molecule has 2 aromatic rings. The minimum atomic E-state index is -0.151. The molecule has 0 aliphatic carbocycles. The smallest absolute Gasteiger partial charge is 0.224 e. The van der Waals surface area contributed by atoms with Gasteiger partial charge in [0.2, 0.25) is 5.88 Å². The normalized spacial score (nSPS) is 11.3. The molecule has 1 heterocycles. The summed E-state index contributed by atoms with van der Waals surface area (Å²) in [5.74, 6) is 2.69. The number of hydrogen-bond acceptors (Lipinski definition) is 4. The lowest BCUT2D eigenvalue weighted by Crippen LogP contribution is -2.17. The van der Waals surface area contributed by atoms with Crippen molar-refractivity contribution in [2.45, 2.75) is 26.2 Å². The molecule has 0 saturated heterocycles. The maximum Gasteiger partial charge on any atom is 0.224 e. The molecule has 0 bridgehead atoms. The summed E-state index contributed by atoms with van der Waals surface area (Å²) in [6.45, 7) is 6.21. The lowest BCUT2D eigenvalue weighted by atomic mass is 9.96. The van der Waals surface area contributed by atoms with Crippen molar-refractivity contribution in [2.75, 3.05) is 12.4 Å². The number of aromatic nitrogens is 2. The number of anilines is 1. The minimum Gasteiger partial charge on any atom is -0.438 e. The van der Waals surface area contributed by atoms with Gasteiger partial charge in [0.1, 0.15) is 17.4 Å². The van der Waals surface area contributed by atoms with E-state index in [0.29, 0.717) is 11.6 Å². The third-order valence-corrected chi connectivity index (χ3v) is 3.85. The molecule has 0 radical (unpaired) electrons. The summed E-state index contributed by atoms with van der Waals surface area (Å²) >= 11 is 6.91. The minimum absolute atomic E-state index is 0.151. The number of rotatable bonds is 3. The quantitative estimate of drug-likeness (QED) is 0.755. The van der Waals surface area contributed by atoms with E-state index >= 15 is 0 Å². The third kappa shape index (κ3) is 4.17. The second-order valence-corrected chi connectivity index (χ2v) is 7.36. The highest BCUT2D eigenvalue weighted by atomic mass is 79.9. The molecule has 1 aromatic heterocycles. The van der Waals surface area contributed by atoms with E-state index in [1.54, 1.807) is 6.07 Å². The largest absolute Gasteiger partial charge is 0.438 e. The molecule has 0 atom stereocenters. The predicted octanol–water partition coefficient (Wildman–Crippen LogP) is 5.13. The Labute approximate surface area is 141 Å². The molecule has 112 valence electrons. The van der Waals surface area contributed by atoms with E-state index in [9.17, 15) is 0 Å². The molecule has 0 unspecified atom stereocenters. The first-order chi connectivity index (χ1) is 9.79. The van der Waals surface area contributed by atoms with Crippen LogP contribution in [0.1, 0.15) is 26.6 Å². The molecular formula is C15H17Br2N3O. The molecule has 0 fully saturated rings. The first-order valence-electron chi connectivity index (χ1n) is 6.50. The summed E-state index contributed by atoms with van der Waals surface area (Å²) in [7, 11) is 1.83. The molecule has 0 saturated carbocycles. The highest BCUT2D eigenvalue weighted by molar-refractivity contribution is 9.11. The van der Waals surface area contributed by atoms with Gasteiger partial charge < -0.3 is 10.1 Å². The topological polar surface area (TPSA) is 47.0 Å². The average Bonchev–Trinajstić information content (AvgIpc) is 2.40. The first-order valence-corrected chi connectivity index (χ1v) is 8.08. The molecule has 6 heteroatoms. The van der Waals surface area contributed by atoms with Gasteiger partial charge in [0.25, 0.3) is 0 Å². The fraction of sp³-hybridized carbons (Fsp3) is 0.333. The Kier molecular flexibility index (Phi) is 4.88. The van der Waals surface area contributed by atoms with Crippen LogP contribution < -0.4 is 10.1 Å². The molecule has 21 heavy (non-hydrogen) atoms. The number of nitrogens with zero attached hydrogens (tertiary/aromatic N) is 2. The van der Waals surface area contributed by atoms with E-state index in [4.69, 9.17) is 4.74 Å². The molecule has 0 aliphatic rings. The molecule has 1 N–H and O–H groups in total. The van der Waals surface area contributed by atoms with Crippen LogP contribution in [0.2, 0.25) is 0 Å². The van der Waals surface area contributed by atoms with Crippen molar-refractivity contribution in [1.82, 2.24) is 9.97 Å². The Bertz CT molecular complexity index is 654. The average molecular weight is 415 g/mol. The number of nitrogens with one attached hydrogen (secondary N) is 1. The van der Waals surface area contributed by atoms with E-state index in [0.717, 1.165) is 20.6 Å². The highest BCUT2D eigenvalue weighted by Gasteiger charge is 2.20. The van der Waals surface area contributed by atoms with Crippen molar-refractivity contribution in [3.63, 3.8) is 0 Å². The monoisotopic (exact) mass is 413 g/mol. The van der Waals surface area contributed by atoms with Crippen molar-refractivity contribution in [1.29, 1.82) is 0 Å². The van der Waals surface area contributed by atoms with Crippen LogP contribution in [-0.4, -0.2) is 17.0 Å². The maximum absolute atomic E-state index is 5.88. The molecule has 0 aliphatic heterocycles. The lowest BCUT2D eigenvalue weighted by Gasteiger charge is -2.18. The first kappa shape index (κ1) is 16.2. The van der Waals surface area contributed by atoms with Crippen LogP contribution in [0.5, 0.6) is 11.6 Å². The maximum atomic E-state index is 5.88.